The lowest BCUT2D eigenvalue weighted by atomic mass is 10.2. The molecule has 30 heavy (non-hydrogen) atoms. The van der Waals surface area contributed by atoms with Crippen LogP contribution in [0.1, 0.15) is 29.6 Å². The zero-order valence-corrected chi connectivity index (χ0v) is 17.6. The molecule has 1 fully saturated rings. The monoisotopic (exact) mass is 431 g/mol. The first-order valence-corrected chi connectivity index (χ1v) is 11.2. The number of benzene rings is 2. The molecule has 2 N–H and O–H groups in total. The van der Waals surface area contributed by atoms with Crippen molar-refractivity contribution in [3.63, 3.8) is 0 Å². The zero-order chi connectivity index (χ0) is 21.6. The number of rotatable bonds is 9. The molecular weight excluding hydrogens is 406 g/mol. The molecule has 0 atom stereocenters. The summed E-state index contributed by atoms with van der Waals surface area (Å²) in [4.78, 5) is 25.7. The molecule has 8 nitrogen and oxygen atoms in total. The molecule has 1 saturated heterocycles. The van der Waals surface area contributed by atoms with Crippen molar-refractivity contribution in [1.82, 2.24) is 10.2 Å². The molecule has 1 aliphatic heterocycles. The van der Waals surface area contributed by atoms with E-state index < -0.39 is 10.0 Å². The summed E-state index contributed by atoms with van der Waals surface area (Å²) in [5, 5.41) is 2.79. The largest absolute Gasteiger partial charge is 0.495 e. The molecule has 0 spiro atoms. The van der Waals surface area contributed by atoms with Crippen molar-refractivity contribution in [2.24, 2.45) is 0 Å². The standard InChI is InChI=1S/C21H25N3O5S/c1-29-19-7-3-2-6-18(19)23-30(27,28)17-11-9-16(10-12-17)21(26)22-13-5-15-24-14-4-8-20(24)25/h2-3,6-7,9-12,23H,4-5,8,13-15H2,1H3,(H,22,26). The molecule has 1 heterocycles. The van der Waals surface area contributed by atoms with E-state index in [1.807, 2.05) is 0 Å². The van der Waals surface area contributed by atoms with E-state index in [2.05, 4.69) is 10.0 Å². The second-order valence-electron chi connectivity index (χ2n) is 6.92. The number of sulfonamides is 1. The number of methoxy groups -OCH3 is 1. The van der Waals surface area contributed by atoms with Crippen LogP contribution < -0.4 is 14.8 Å². The number of nitrogens with zero attached hydrogens (tertiary/aromatic N) is 1. The van der Waals surface area contributed by atoms with Crippen LogP contribution in [0.4, 0.5) is 5.69 Å². The quantitative estimate of drug-likeness (QED) is 0.593. The molecule has 3 rings (SSSR count). The highest BCUT2D eigenvalue weighted by Gasteiger charge is 2.19. The van der Waals surface area contributed by atoms with Crippen LogP contribution in [0, 0.1) is 0 Å². The van der Waals surface area contributed by atoms with E-state index in [1.165, 1.54) is 31.4 Å². The summed E-state index contributed by atoms with van der Waals surface area (Å²) in [5.41, 5.74) is 0.696. The Morgan fingerprint density at radius 1 is 1.13 bits per heavy atom. The average Bonchev–Trinajstić information content (AvgIpc) is 3.16. The lowest BCUT2D eigenvalue weighted by molar-refractivity contribution is -0.127. The Balaban J connectivity index is 1.55. The fourth-order valence-electron chi connectivity index (χ4n) is 3.23. The number of nitrogens with one attached hydrogen (secondary N) is 2. The number of anilines is 1. The summed E-state index contributed by atoms with van der Waals surface area (Å²) in [6, 6.07) is 12.4. The van der Waals surface area contributed by atoms with Crippen LogP contribution in [0.15, 0.2) is 53.4 Å². The molecule has 1 aliphatic rings. The van der Waals surface area contributed by atoms with E-state index in [4.69, 9.17) is 4.74 Å². The first-order chi connectivity index (χ1) is 14.4. The normalized spacial score (nSPS) is 13.9. The van der Waals surface area contributed by atoms with Crippen LogP contribution in [0.2, 0.25) is 0 Å². The van der Waals surface area contributed by atoms with Crippen molar-refractivity contribution in [2.45, 2.75) is 24.2 Å². The SMILES string of the molecule is COc1ccccc1NS(=O)(=O)c1ccc(C(=O)NCCCN2CCCC2=O)cc1. The van der Waals surface area contributed by atoms with Crippen molar-refractivity contribution in [3.8, 4) is 5.75 Å². The van der Waals surface area contributed by atoms with Gasteiger partial charge in [0.15, 0.2) is 0 Å². The van der Waals surface area contributed by atoms with Gasteiger partial charge < -0.3 is 15.0 Å². The van der Waals surface area contributed by atoms with E-state index in [1.54, 1.807) is 29.2 Å². The number of carbonyl (C=O) groups excluding carboxylic acids is 2. The lowest BCUT2D eigenvalue weighted by Gasteiger charge is -2.15. The van der Waals surface area contributed by atoms with Gasteiger partial charge >= 0.3 is 0 Å². The first kappa shape index (κ1) is 21.6. The number of ether oxygens (including phenoxy) is 1. The van der Waals surface area contributed by atoms with Gasteiger partial charge in [0.2, 0.25) is 5.91 Å². The van der Waals surface area contributed by atoms with Gasteiger partial charge in [-0.25, -0.2) is 8.42 Å². The van der Waals surface area contributed by atoms with E-state index in [0.29, 0.717) is 42.9 Å². The lowest BCUT2D eigenvalue weighted by Crippen LogP contribution is -2.30. The highest BCUT2D eigenvalue weighted by atomic mass is 32.2. The van der Waals surface area contributed by atoms with Gasteiger partial charge in [-0.1, -0.05) is 12.1 Å². The smallest absolute Gasteiger partial charge is 0.262 e. The number of carbonyl (C=O) groups is 2. The molecule has 0 radical (unpaired) electrons. The van der Waals surface area contributed by atoms with Crippen LogP contribution in [0.5, 0.6) is 5.75 Å². The summed E-state index contributed by atoms with van der Waals surface area (Å²) in [7, 11) is -2.36. The summed E-state index contributed by atoms with van der Waals surface area (Å²) in [6.07, 6.45) is 2.17. The predicted molar refractivity (Wildman–Crippen MR) is 113 cm³/mol. The van der Waals surface area contributed by atoms with Crippen LogP contribution >= 0.6 is 0 Å². The maximum atomic E-state index is 12.6. The van der Waals surface area contributed by atoms with Crippen molar-refractivity contribution in [2.75, 3.05) is 31.5 Å². The highest BCUT2D eigenvalue weighted by Crippen LogP contribution is 2.26. The van der Waals surface area contributed by atoms with Gasteiger partial charge in [-0.2, -0.15) is 0 Å². The fourth-order valence-corrected chi connectivity index (χ4v) is 4.30. The van der Waals surface area contributed by atoms with Gasteiger partial charge in [0.05, 0.1) is 17.7 Å². The molecule has 2 amide bonds. The second kappa shape index (κ2) is 9.62. The molecule has 0 aliphatic carbocycles. The molecule has 0 unspecified atom stereocenters. The van der Waals surface area contributed by atoms with Crippen molar-refractivity contribution in [1.29, 1.82) is 0 Å². The van der Waals surface area contributed by atoms with Gasteiger partial charge in [-0.05, 0) is 49.2 Å². The Labute approximate surface area is 176 Å². The maximum absolute atomic E-state index is 12.6. The minimum Gasteiger partial charge on any atom is -0.495 e. The van der Waals surface area contributed by atoms with E-state index in [9.17, 15) is 18.0 Å². The van der Waals surface area contributed by atoms with Crippen LogP contribution in [0.3, 0.4) is 0 Å². The number of amides is 2. The van der Waals surface area contributed by atoms with Gasteiger partial charge in [0.1, 0.15) is 5.75 Å². The zero-order valence-electron chi connectivity index (χ0n) is 16.8. The summed E-state index contributed by atoms with van der Waals surface area (Å²) in [5.74, 6) is 0.289. The Hall–Kier alpha value is -3.07. The minimum atomic E-state index is -3.82. The minimum absolute atomic E-state index is 0.0394. The molecular formula is C21H25N3O5S. The Morgan fingerprint density at radius 3 is 2.53 bits per heavy atom. The number of hydrogen-bond acceptors (Lipinski definition) is 5. The van der Waals surface area contributed by atoms with Crippen LogP contribution in [-0.4, -0.2) is 51.9 Å². The number of hydrogen-bond donors (Lipinski definition) is 2. The summed E-state index contributed by atoms with van der Waals surface area (Å²) < 4.78 is 32.9. The summed E-state index contributed by atoms with van der Waals surface area (Å²) in [6.45, 7) is 1.86. The third-order valence-electron chi connectivity index (χ3n) is 4.84. The Morgan fingerprint density at radius 2 is 1.87 bits per heavy atom. The van der Waals surface area contributed by atoms with Crippen LogP contribution in [-0.2, 0) is 14.8 Å². The third kappa shape index (κ3) is 5.29. The molecule has 0 saturated carbocycles. The Kier molecular flexibility index (Phi) is 6.94. The first-order valence-electron chi connectivity index (χ1n) is 9.72. The van der Waals surface area contributed by atoms with Crippen molar-refractivity contribution >= 4 is 27.5 Å². The average molecular weight is 432 g/mol. The number of para-hydroxylation sites is 2. The second-order valence-corrected chi connectivity index (χ2v) is 8.61. The molecule has 0 aromatic heterocycles. The molecule has 0 bridgehead atoms. The van der Waals surface area contributed by atoms with Gasteiger partial charge in [-0.3, -0.25) is 14.3 Å². The van der Waals surface area contributed by atoms with E-state index in [0.717, 1.165) is 13.0 Å². The van der Waals surface area contributed by atoms with E-state index in [-0.39, 0.29) is 16.7 Å². The van der Waals surface area contributed by atoms with Gasteiger partial charge in [-0.15, -0.1) is 0 Å². The van der Waals surface area contributed by atoms with E-state index >= 15 is 0 Å². The maximum Gasteiger partial charge on any atom is 0.262 e. The van der Waals surface area contributed by atoms with Gasteiger partial charge in [0.25, 0.3) is 15.9 Å². The summed E-state index contributed by atoms with van der Waals surface area (Å²) >= 11 is 0. The topological polar surface area (TPSA) is 105 Å². The van der Waals surface area contributed by atoms with Gasteiger partial charge in [0, 0.05) is 31.6 Å². The highest BCUT2D eigenvalue weighted by molar-refractivity contribution is 7.92. The number of likely N-dealkylation sites (tertiary alicyclic amines) is 1. The predicted octanol–water partition coefficient (Wildman–Crippen LogP) is 2.24. The van der Waals surface area contributed by atoms with Crippen molar-refractivity contribution in [3.05, 3.63) is 54.1 Å². The molecule has 160 valence electrons. The Bertz CT molecular complexity index is 1010. The van der Waals surface area contributed by atoms with Crippen LogP contribution in [0.25, 0.3) is 0 Å². The van der Waals surface area contributed by atoms with Crippen molar-refractivity contribution < 1.29 is 22.7 Å². The molecule has 2 aromatic rings. The fraction of sp³-hybridized carbons (Fsp3) is 0.333. The molecule has 2 aromatic carbocycles. The third-order valence-corrected chi connectivity index (χ3v) is 6.22. The molecule has 9 heteroatoms.